The molecule has 182 valence electrons. The topological polar surface area (TPSA) is 76.0 Å². The maximum atomic E-state index is 12.0. The largest absolute Gasteiger partial charge is 0.388 e. The van der Waals surface area contributed by atoms with Crippen LogP contribution in [0.2, 0.25) is 0 Å². The minimum atomic E-state index is -3.63. The second kappa shape index (κ2) is 18.6. The molecule has 30 heavy (non-hydrogen) atoms. The van der Waals surface area contributed by atoms with Gasteiger partial charge in [0, 0.05) is 13.0 Å². The van der Waals surface area contributed by atoms with Crippen LogP contribution in [-0.4, -0.2) is 74.3 Å². The van der Waals surface area contributed by atoms with E-state index in [0.29, 0.717) is 13.0 Å². The van der Waals surface area contributed by atoms with Crippen LogP contribution < -0.4 is 0 Å². The van der Waals surface area contributed by atoms with Crippen LogP contribution in [0.25, 0.3) is 0 Å². The summed E-state index contributed by atoms with van der Waals surface area (Å²) in [6.45, 7) is 3.67. The van der Waals surface area contributed by atoms with Crippen LogP contribution in [0.1, 0.15) is 90.4 Å². The number of aliphatic hydroxyl groups excluding tert-OH is 1. The van der Waals surface area contributed by atoms with Gasteiger partial charge in [0.05, 0.1) is 47.1 Å². The van der Waals surface area contributed by atoms with E-state index in [9.17, 15) is 14.6 Å². The summed E-state index contributed by atoms with van der Waals surface area (Å²) in [5.41, 5.74) is 0. The molecule has 0 aromatic heterocycles. The zero-order valence-corrected chi connectivity index (χ0v) is 21.2. The fourth-order valence-electron chi connectivity index (χ4n) is 3.32. The van der Waals surface area contributed by atoms with Gasteiger partial charge < -0.3 is 23.7 Å². The molecular formula is C23H51NO5P+. The molecule has 0 bridgehead atoms. The van der Waals surface area contributed by atoms with Gasteiger partial charge in [-0.2, -0.15) is 0 Å². The van der Waals surface area contributed by atoms with Gasteiger partial charge in [0.25, 0.3) is 0 Å². The van der Waals surface area contributed by atoms with E-state index in [1.54, 1.807) is 0 Å². The van der Waals surface area contributed by atoms with Gasteiger partial charge in [0.15, 0.2) is 0 Å². The van der Waals surface area contributed by atoms with E-state index < -0.39 is 13.7 Å². The highest BCUT2D eigenvalue weighted by atomic mass is 31.2. The highest BCUT2D eigenvalue weighted by molar-refractivity contribution is 7.52. The van der Waals surface area contributed by atoms with Crippen molar-refractivity contribution in [3.63, 3.8) is 0 Å². The van der Waals surface area contributed by atoms with E-state index in [1.165, 1.54) is 64.2 Å². The molecule has 0 amide bonds. The molecule has 0 aliphatic rings. The average molecular weight is 453 g/mol. The van der Waals surface area contributed by atoms with Gasteiger partial charge >= 0.3 is 7.60 Å². The van der Waals surface area contributed by atoms with Crippen LogP contribution >= 0.6 is 7.60 Å². The first-order valence-corrected chi connectivity index (χ1v) is 13.9. The standard InChI is InChI=1S/C23H50NO5P/c1-5-6-7-8-9-10-11-12-13-14-15-16-19-28-21-23(25)22-29-30(26,27)20-17-18-24(2,3)4/h23,25H,5-22H2,1-4H3/p+1/t23-/m0/s1. The van der Waals surface area contributed by atoms with Gasteiger partial charge in [0.1, 0.15) is 6.10 Å². The molecule has 0 aromatic rings. The normalized spacial score (nSPS) is 15.3. The van der Waals surface area contributed by atoms with Crippen molar-refractivity contribution >= 4 is 7.60 Å². The van der Waals surface area contributed by atoms with Gasteiger partial charge in [-0.1, -0.05) is 77.6 Å². The number of quaternary nitrogens is 1. The van der Waals surface area contributed by atoms with Crippen LogP contribution in [0.4, 0.5) is 0 Å². The van der Waals surface area contributed by atoms with Crippen molar-refractivity contribution in [2.75, 3.05) is 53.7 Å². The molecule has 0 aliphatic carbocycles. The highest BCUT2D eigenvalue weighted by Gasteiger charge is 2.22. The van der Waals surface area contributed by atoms with Crippen molar-refractivity contribution in [3.8, 4) is 0 Å². The third kappa shape index (κ3) is 22.7. The van der Waals surface area contributed by atoms with Crippen molar-refractivity contribution in [1.29, 1.82) is 0 Å². The van der Waals surface area contributed by atoms with Crippen LogP contribution in [0.15, 0.2) is 0 Å². The molecule has 0 fully saturated rings. The van der Waals surface area contributed by atoms with Crippen LogP contribution in [0, 0.1) is 0 Å². The Balaban J connectivity index is 3.44. The SMILES string of the molecule is CCCCCCCCCCCCCCOC[C@H](O)COP(=O)(O)CCC[N+](C)(C)C. The minimum absolute atomic E-state index is 0.120. The molecule has 0 rings (SSSR count). The Morgan fingerprint density at radius 2 is 1.30 bits per heavy atom. The van der Waals surface area contributed by atoms with Crippen molar-refractivity contribution in [1.82, 2.24) is 0 Å². The van der Waals surface area contributed by atoms with Crippen molar-refractivity contribution in [2.24, 2.45) is 0 Å². The Labute approximate surface area is 186 Å². The second-order valence-electron chi connectivity index (χ2n) is 9.64. The zero-order chi connectivity index (χ0) is 22.7. The molecule has 0 spiro atoms. The highest BCUT2D eigenvalue weighted by Crippen LogP contribution is 2.42. The smallest absolute Gasteiger partial charge is 0.328 e. The second-order valence-corrected chi connectivity index (χ2v) is 11.6. The number of hydrogen-bond donors (Lipinski definition) is 2. The summed E-state index contributed by atoms with van der Waals surface area (Å²) in [6, 6.07) is 0. The molecule has 0 radical (unpaired) electrons. The maximum absolute atomic E-state index is 12.0. The number of ether oxygens (including phenoxy) is 1. The van der Waals surface area contributed by atoms with E-state index >= 15 is 0 Å². The summed E-state index contributed by atoms with van der Waals surface area (Å²) in [7, 11) is 2.50. The van der Waals surface area contributed by atoms with Crippen molar-refractivity contribution in [2.45, 2.75) is 96.5 Å². The van der Waals surface area contributed by atoms with Crippen molar-refractivity contribution < 1.29 is 28.3 Å². The lowest BCUT2D eigenvalue weighted by Crippen LogP contribution is -2.35. The fraction of sp³-hybridized carbons (Fsp3) is 1.00. The molecule has 6 nitrogen and oxygen atoms in total. The Morgan fingerprint density at radius 1 is 0.800 bits per heavy atom. The fourth-order valence-corrected chi connectivity index (χ4v) is 4.40. The van der Waals surface area contributed by atoms with Gasteiger partial charge in [-0.25, -0.2) is 0 Å². The molecule has 0 saturated carbocycles. The molecule has 1 unspecified atom stereocenters. The van der Waals surface area contributed by atoms with Gasteiger partial charge in [-0.3, -0.25) is 4.57 Å². The maximum Gasteiger partial charge on any atom is 0.328 e. The molecule has 2 N–H and O–H groups in total. The number of hydrogen-bond acceptors (Lipinski definition) is 4. The predicted molar refractivity (Wildman–Crippen MR) is 126 cm³/mol. The Bertz CT molecular complexity index is 428. The first-order chi connectivity index (χ1) is 14.2. The third-order valence-corrected chi connectivity index (χ3v) is 6.62. The van der Waals surface area contributed by atoms with E-state index in [-0.39, 0.29) is 19.4 Å². The van der Waals surface area contributed by atoms with Gasteiger partial charge in [0.2, 0.25) is 0 Å². The van der Waals surface area contributed by atoms with E-state index in [0.717, 1.165) is 23.9 Å². The van der Waals surface area contributed by atoms with Crippen molar-refractivity contribution in [3.05, 3.63) is 0 Å². The third-order valence-electron chi connectivity index (χ3n) is 5.19. The monoisotopic (exact) mass is 452 g/mol. The Hall–Kier alpha value is 0.0300. The average Bonchev–Trinajstić information content (AvgIpc) is 2.65. The molecular weight excluding hydrogens is 401 g/mol. The predicted octanol–water partition coefficient (Wildman–Crippen LogP) is 5.36. The lowest BCUT2D eigenvalue weighted by Gasteiger charge is -2.24. The summed E-state index contributed by atoms with van der Waals surface area (Å²) in [4.78, 5) is 9.83. The number of unbranched alkanes of at least 4 members (excludes halogenated alkanes) is 11. The summed E-state index contributed by atoms with van der Waals surface area (Å²) in [5, 5.41) is 9.87. The first-order valence-electron chi connectivity index (χ1n) is 12.2. The van der Waals surface area contributed by atoms with Crippen LogP contribution in [0.3, 0.4) is 0 Å². The summed E-state index contributed by atoms with van der Waals surface area (Å²) < 4.78 is 23.3. The van der Waals surface area contributed by atoms with E-state index in [4.69, 9.17) is 9.26 Å². The number of aliphatic hydroxyl groups is 1. The van der Waals surface area contributed by atoms with Gasteiger partial charge in [-0.15, -0.1) is 0 Å². The summed E-state index contributed by atoms with van der Waals surface area (Å²) in [5.74, 6) is 0. The Morgan fingerprint density at radius 3 is 1.80 bits per heavy atom. The summed E-state index contributed by atoms with van der Waals surface area (Å²) >= 11 is 0. The lowest BCUT2D eigenvalue weighted by atomic mass is 10.1. The molecule has 7 heteroatoms. The van der Waals surface area contributed by atoms with Gasteiger partial charge in [-0.05, 0) is 6.42 Å². The zero-order valence-electron chi connectivity index (χ0n) is 20.3. The minimum Gasteiger partial charge on any atom is -0.388 e. The number of rotatable bonds is 22. The molecule has 0 aliphatic heterocycles. The molecule has 2 atom stereocenters. The Kier molecular flexibility index (Phi) is 18.6. The lowest BCUT2D eigenvalue weighted by molar-refractivity contribution is -0.870. The first kappa shape index (κ1) is 30.0. The number of nitrogens with zero attached hydrogens (tertiary/aromatic N) is 1. The quantitative estimate of drug-likeness (QED) is 0.131. The summed E-state index contributed by atoms with van der Waals surface area (Å²) in [6.07, 6.45) is 15.5. The van der Waals surface area contributed by atoms with E-state index in [1.807, 2.05) is 21.1 Å². The molecule has 0 heterocycles. The van der Waals surface area contributed by atoms with E-state index in [2.05, 4.69) is 6.92 Å². The van der Waals surface area contributed by atoms with Crippen LogP contribution in [0.5, 0.6) is 0 Å². The van der Waals surface area contributed by atoms with Crippen LogP contribution in [-0.2, 0) is 13.8 Å². The molecule has 0 saturated heterocycles. The molecule has 0 aromatic carbocycles.